The van der Waals surface area contributed by atoms with Crippen LogP contribution in [0.5, 0.6) is 17.2 Å². The van der Waals surface area contributed by atoms with Crippen LogP contribution in [0.4, 0.5) is 4.79 Å². The molecule has 2 amide bonds. The third-order valence-electron chi connectivity index (χ3n) is 10.3. The maximum atomic E-state index is 15.1. The number of β-amino-alcohol motifs (C(OH)–C–C–N with tert-alkyl or cyclic N) is 1. The standard InChI is InChI=1S/C48H50N3O8P/c1-56-47-29-42(24-27-45(47)52)32-51-48(54)50(44(28-37-14-6-2-7-15-37)46(53)33-49(51)30-38-16-8-3-9-17-38)31-39-22-25-43(26-23-39)57-36-60(55,58-34-40-18-10-4-11-19-40)59-35-41-20-12-5-13-21-41/h2-27,29,44,46,52-53H,28,30-36H2,1H3. The summed E-state index contributed by atoms with van der Waals surface area (Å²) in [6.07, 6.45) is -0.798. The molecular formula is C48H50N3O8P. The summed E-state index contributed by atoms with van der Waals surface area (Å²) in [7, 11) is -2.24. The van der Waals surface area contributed by atoms with Gasteiger partial charge in [0.15, 0.2) is 17.8 Å². The summed E-state index contributed by atoms with van der Waals surface area (Å²) in [6.45, 7) is 1.10. The molecule has 1 heterocycles. The Bertz CT molecular complexity index is 2260. The molecule has 0 aliphatic carbocycles. The van der Waals surface area contributed by atoms with E-state index in [2.05, 4.69) is 0 Å². The Morgan fingerprint density at radius 1 is 0.633 bits per heavy atom. The van der Waals surface area contributed by atoms with Crippen LogP contribution in [0.3, 0.4) is 0 Å². The highest BCUT2D eigenvalue weighted by Crippen LogP contribution is 2.50. The van der Waals surface area contributed by atoms with E-state index >= 15 is 4.79 Å². The number of methoxy groups -OCH3 is 1. The molecule has 2 N–H and O–H groups in total. The minimum absolute atomic E-state index is 0.000720. The Morgan fingerprint density at radius 3 is 1.72 bits per heavy atom. The van der Waals surface area contributed by atoms with E-state index in [4.69, 9.17) is 18.5 Å². The number of hydrogen-bond donors (Lipinski definition) is 2. The van der Waals surface area contributed by atoms with E-state index in [1.54, 1.807) is 40.2 Å². The highest BCUT2D eigenvalue weighted by molar-refractivity contribution is 7.53. The molecule has 310 valence electrons. The third-order valence-corrected chi connectivity index (χ3v) is 11.8. The largest absolute Gasteiger partial charge is 0.504 e. The Morgan fingerprint density at radius 2 is 1.15 bits per heavy atom. The van der Waals surface area contributed by atoms with E-state index in [9.17, 15) is 14.8 Å². The summed E-state index contributed by atoms with van der Waals surface area (Å²) in [4.78, 5) is 16.8. The number of hydrazine groups is 1. The van der Waals surface area contributed by atoms with Crippen molar-refractivity contribution in [3.05, 3.63) is 197 Å². The SMILES string of the molecule is COc1cc(CN2C(=O)N(Cc3ccc(OCP(=O)(OCc4ccccc4)OCc4ccccc4)cc3)C(Cc3ccccc3)C(O)CN2Cc2ccccc2)ccc1O. The van der Waals surface area contributed by atoms with Crippen molar-refractivity contribution < 1.29 is 38.1 Å². The molecule has 0 saturated carbocycles. The summed E-state index contributed by atoms with van der Waals surface area (Å²) < 4.78 is 37.3. The van der Waals surface area contributed by atoms with Gasteiger partial charge in [-0.1, -0.05) is 140 Å². The van der Waals surface area contributed by atoms with E-state index in [0.29, 0.717) is 24.5 Å². The summed E-state index contributed by atoms with van der Waals surface area (Å²) >= 11 is 0. The van der Waals surface area contributed by atoms with Crippen LogP contribution in [0.1, 0.15) is 33.4 Å². The first-order valence-electron chi connectivity index (χ1n) is 19.9. The number of amides is 2. The van der Waals surface area contributed by atoms with Crippen LogP contribution in [0.2, 0.25) is 0 Å². The van der Waals surface area contributed by atoms with Crippen molar-refractivity contribution in [2.45, 2.75) is 51.4 Å². The molecule has 1 fully saturated rings. The van der Waals surface area contributed by atoms with Gasteiger partial charge in [0, 0.05) is 19.6 Å². The summed E-state index contributed by atoms with van der Waals surface area (Å²) in [5, 5.41) is 26.0. The summed E-state index contributed by atoms with van der Waals surface area (Å²) in [5.74, 6) is 0.747. The number of nitrogens with zero attached hydrogens (tertiary/aromatic N) is 3. The fourth-order valence-corrected chi connectivity index (χ4v) is 8.32. The third kappa shape index (κ3) is 11.4. The lowest BCUT2D eigenvalue weighted by Gasteiger charge is -2.36. The lowest BCUT2D eigenvalue weighted by atomic mass is 9.99. The van der Waals surface area contributed by atoms with Gasteiger partial charge >= 0.3 is 13.6 Å². The number of phenolic OH excluding ortho intramolecular Hbond substituents is 1. The molecule has 0 aromatic heterocycles. The molecule has 0 radical (unpaired) electrons. The van der Waals surface area contributed by atoms with E-state index < -0.39 is 19.7 Å². The zero-order chi connectivity index (χ0) is 41.7. The predicted molar refractivity (Wildman–Crippen MR) is 230 cm³/mol. The van der Waals surface area contributed by atoms with Crippen LogP contribution < -0.4 is 9.47 Å². The van der Waals surface area contributed by atoms with Crippen molar-refractivity contribution in [1.82, 2.24) is 14.9 Å². The van der Waals surface area contributed by atoms with Crippen molar-refractivity contribution in [1.29, 1.82) is 0 Å². The molecule has 1 aliphatic heterocycles. The number of benzene rings is 6. The van der Waals surface area contributed by atoms with E-state index in [0.717, 1.165) is 33.4 Å². The number of carbonyl (C=O) groups excluding carboxylic acids is 1. The van der Waals surface area contributed by atoms with Gasteiger partial charge in [0.2, 0.25) is 0 Å². The molecule has 60 heavy (non-hydrogen) atoms. The molecule has 0 spiro atoms. The second-order valence-corrected chi connectivity index (χ2v) is 16.7. The number of aromatic hydroxyl groups is 1. The number of urea groups is 1. The molecule has 12 heteroatoms. The number of rotatable bonds is 18. The molecule has 6 aromatic carbocycles. The second-order valence-electron chi connectivity index (χ2n) is 14.7. The van der Waals surface area contributed by atoms with Gasteiger partial charge in [-0.15, -0.1) is 0 Å². The van der Waals surface area contributed by atoms with Gasteiger partial charge in [0.1, 0.15) is 5.75 Å². The van der Waals surface area contributed by atoms with Gasteiger partial charge in [0.25, 0.3) is 0 Å². The zero-order valence-corrected chi connectivity index (χ0v) is 34.4. The van der Waals surface area contributed by atoms with E-state index in [1.807, 2.05) is 138 Å². The number of carbonyl (C=O) groups is 1. The highest BCUT2D eigenvalue weighted by Gasteiger charge is 2.40. The Labute approximate surface area is 351 Å². The average molecular weight is 828 g/mol. The first-order chi connectivity index (χ1) is 29.2. The average Bonchev–Trinajstić information content (AvgIpc) is 3.37. The van der Waals surface area contributed by atoms with Crippen molar-refractivity contribution >= 4 is 13.6 Å². The second kappa shape index (κ2) is 20.4. The maximum Gasteiger partial charge on any atom is 0.368 e. The molecule has 1 saturated heterocycles. The van der Waals surface area contributed by atoms with Crippen LogP contribution in [-0.2, 0) is 52.9 Å². The molecule has 6 aromatic rings. The van der Waals surface area contributed by atoms with Crippen LogP contribution in [-0.4, -0.2) is 63.3 Å². The Balaban J connectivity index is 1.13. The van der Waals surface area contributed by atoms with Gasteiger partial charge in [-0.2, -0.15) is 0 Å². The van der Waals surface area contributed by atoms with Gasteiger partial charge in [-0.05, 0) is 64.1 Å². The Kier molecular flexibility index (Phi) is 14.3. The van der Waals surface area contributed by atoms with Crippen molar-refractivity contribution in [2.24, 2.45) is 0 Å². The van der Waals surface area contributed by atoms with Crippen LogP contribution in [0.15, 0.2) is 164 Å². The highest BCUT2D eigenvalue weighted by atomic mass is 31.2. The molecule has 1 aliphatic rings. The number of aliphatic hydroxyl groups is 1. The fraction of sp³-hybridized carbons (Fsp3) is 0.229. The maximum absolute atomic E-state index is 15.1. The monoisotopic (exact) mass is 827 g/mol. The quantitative estimate of drug-likeness (QED) is 0.0818. The minimum Gasteiger partial charge on any atom is -0.504 e. The van der Waals surface area contributed by atoms with Crippen molar-refractivity contribution in [3.63, 3.8) is 0 Å². The molecular weight excluding hydrogens is 778 g/mol. The van der Waals surface area contributed by atoms with Crippen LogP contribution >= 0.6 is 7.60 Å². The van der Waals surface area contributed by atoms with Crippen molar-refractivity contribution in [2.75, 3.05) is 20.0 Å². The van der Waals surface area contributed by atoms with E-state index in [-0.39, 0.29) is 51.0 Å². The molecule has 0 bridgehead atoms. The Hall–Kier alpha value is -5.94. The summed E-state index contributed by atoms with van der Waals surface area (Å²) in [6, 6.07) is 50.0. The van der Waals surface area contributed by atoms with Gasteiger partial charge in [-0.25, -0.2) is 9.80 Å². The number of hydrogen-bond acceptors (Lipinski definition) is 9. The molecule has 7 rings (SSSR count). The van der Waals surface area contributed by atoms with Gasteiger partial charge in [0.05, 0.1) is 39.0 Å². The predicted octanol–water partition coefficient (Wildman–Crippen LogP) is 9.19. The molecule has 2 atom stereocenters. The number of phenols is 1. The lowest BCUT2D eigenvalue weighted by molar-refractivity contribution is -0.0213. The first kappa shape index (κ1) is 42.2. The van der Waals surface area contributed by atoms with Crippen LogP contribution in [0.25, 0.3) is 0 Å². The zero-order valence-electron chi connectivity index (χ0n) is 33.5. The first-order valence-corrected chi connectivity index (χ1v) is 21.6. The van der Waals surface area contributed by atoms with Crippen LogP contribution in [0, 0.1) is 0 Å². The van der Waals surface area contributed by atoms with Crippen molar-refractivity contribution in [3.8, 4) is 17.2 Å². The van der Waals surface area contributed by atoms with E-state index in [1.165, 1.54) is 7.11 Å². The smallest absolute Gasteiger partial charge is 0.368 e. The number of aliphatic hydroxyl groups excluding tert-OH is 1. The van der Waals surface area contributed by atoms with Gasteiger partial charge in [-0.3, -0.25) is 9.57 Å². The van der Waals surface area contributed by atoms with Gasteiger partial charge < -0.3 is 33.6 Å². The summed E-state index contributed by atoms with van der Waals surface area (Å²) in [5.41, 5.74) is 5.22. The fourth-order valence-electron chi connectivity index (χ4n) is 7.09. The molecule has 11 nitrogen and oxygen atoms in total. The topological polar surface area (TPSA) is 121 Å². The minimum atomic E-state index is -3.73. The molecule has 2 unspecified atom stereocenters. The normalized spacial score (nSPS) is 16.1. The lowest BCUT2D eigenvalue weighted by Crippen LogP contribution is -2.51. The number of ether oxygens (including phenoxy) is 2.